The van der Waals surface area contributed by atoms with Crippen molar-refractivity contribution in [1.29, 1.82) is 0 Å². The Labute approximate surface area is 68.7 Å². The Balaban J connectivity index is 1.79. The lowest BCUT2D eigenvalue weighted by atomic mass is 9.92. The molecule has 1 heterocycles. The van der Waals surface area contributed by atoms with E-state index in [1.54, 1.807) is 0 Å². The third kappa shape index (κ3) is 1.42. The maximum absolute atomic E-state index is 5.63. The predicted octanol–water partition coefficient (Wildman–Crippen LogP) is 0.819. The van der Waals surface area contributed by atoms with Crippen LogP contribution >= 0.6 is 0 Å². The average molecular weight is 154 g/mol. The molecule has 0 radical (unpaired) electrons. The van der Waals surface area contributed by atoms with Gasteiger partial charge in [-0.05, 0) is 38.3 Å². The van der Waals surface area contributed by atoms with Gasteiger partial charge in [0.2, 0.25) is 0 Å². The van der Waals surface area contributed by atoms with E-state index in [2.05, 4.69) is 4.90 Å². The summed E-state index contributed by atoms with van der Waals surface area (Å²) >= 11 is 0. The number of likely N-dealkylation sites (tertiary alicyclic amines) is 1. The highest BCUT2D eigenvalue weighted by Crippen LogP contribution is 2.29. The van der Waals surface area contributed by atoms with Gasteiger partial charge in [-0.1, -0.05) is 6.42 Å². The van der Waals surface area contributed by atoms with Crippen LogP contribution in [0.4, 0.5) is 0 Å². The highest BCUT2D eigenvalue weighted by molar-refractivity contribution is 4.86. The third-order valence-corrected chi connectivity index (χ3v) is 3.24. The summed E-state index contributed by atoms with van der Waals surface area (Å²) in [7, 11) is 0. The molecule has 0 unspecified atom stereocenters. The smallest absolute Gasteiger partial charge is 0.00954 e. The molecule has 0 bridgehead atoms. The molecule has 1 saturated heterocycles. The van der Waals surface area contributed by atoms with Crippen molar-refractivity contribution in [2.45, 2.75) is 31.7 Å². The van der Waals surface area contributed by atoms with Gasteiger partial charge in [0, 0.05) is 12.6 Å². The molecule has 1 aliphatic carbocycles. The molecule has 2 heteroatoms. The summed E-state index contributed by atoms with van der Waals surface area (Å²) in [6.07, 6.45) is 5.68. The van der Waals surface area contributed by atoms with Crippen LogP contribution in [0.25, 0.3) is 0 Å². The second-order valence-electron chi connectivity index (χ2n) is 3.97. The summed E-state index contributed by atoms with van der Waals surface area (Å²) in [6, 6.07) is 0.937. The van der Waals surface area contributed by atoms with Crippen LogP contribution in [0.1, 0.15) is 25.7 Å². The predicted molar refractivity (Wildman–Crippen MR) is 46.4 cm³/mol. The van der Waals surface area contributed by atoms with E-state index in [0.717, 1.165) is 18.5 Å². The van der Waals surface area contributed by atoms with Gasteiger partial charge in [-0.15, -0.1) is 0 Å². The fraction of sp³-hybridized carbons (Fsp3) is 1.00. The Morgan fingerprint density at radius 1 is 1.27 bits per heavy atom. The largest absolute Gasteiger partial charge is 0.330 e. The fourth-order valence-electron chi connectivity index (χ4n) is 2.14. The van der Waals surface area contributed by atoms with Crippen LogP contribution in [0.15, 0.2) is 0 Å². The molecule has 2 fully saturated rings. The Morgan fingerprint density at radius 3 is 2.55 bits per heavy atom. The summed E-state index contributed by atoms with van der Waals surface area (Å²) < 4.78 is 0. The Kier molecular flexibility index (Phi) is 2.14. The summed E-state index contributed by atoms with van der Waals surface area (Å²) in [5, 5.41) is 0. The molecule has 1 saturated carbocycles. The molecule has 11 heavy (non-hydrogen) atoms. The minimum Gasteiger partial charge on any atom is -0.330 e. The van der Waals surface area contributed by atoms with E-state index in [1.165, 1.54) is 38.8 Å². The first-order valence-corrected chi connectivity index (χ1v) is 4.84. The van der Waals surface area contributed by atoms with Crippen molar-refractivity contribution in [2.24, 2.45) is 11.7 Å². The van der Waals surface area contributed by atoms with Gasteiger partial charge in [0.15, 0.2) is 0 Å². The van der Waals surface area contributed by atoms with Crippen molar-refractivity contribution < 1.29 is 0 Å². The molecule has 0 aromatic carbocycles. The first kappa shape index (κ1) is 7.56. The van der Waals surface area contributed by atoms with Crippen molar-refractivity contribution in [3.63, 3.8) is 0 Å². The molecule has 2 rings (SSSR count). The van der Waals surface area contributed by atoms with E-state index in [0.29, 0.717) is 0 Å². The average Bonchev–Trinajstić information content (AvgIpc) is 2.32. The van der Waals surface area contributed by atoms with Crippen LogP contribution < -0.4 is 5.73 Å². The van der Waals surface area contributed by atoms with Gasteiger partial charge in [0.1, 0.15) is 0 Å². The van der Waals surface area contributed by atoms with Crippen LogP contribution in [0.2, 0.25) is 0 Å². The second kappa shape index (κ2) is 3.11. The van der Waals surface area contributed by atoms with E-state index in [4.69, 9.17) is 5.73 Å². The van der Waals surface area contributed by atoms with Crippen molar-refractivity contribution in [1.82, 2.24) is 4.90 Å². The standard InChI is InChI=1S/C9H18N2/c10-6-8-4-5-11(7-8)9-2-1-3-9/h8-9H,1-7,10H2/t8-/m0/s1. The molecule has 2 N–H and O–H groups in total. The molecular formula is C9H18N2. The lowest BCUT2D eigenvalue weighted by Gasteiger charge is -2.34. The Bertz CT molecular complexity index is 132. The monoisotopic (exact) mass is 154 g/mol. The molecule has 2 aliphatic rings. The van der Waals surface area contributed by atoms with E-state index in [9.17, 15) is 0 Å². The van der Waals surface area contributed by atoms with E-state index < -0.39 is 0 Å². The molecule has 0 amide bonds. The number of hydrogen-bond acceptors (Lipinski definition) is 2. The van der Waals surface area contributed by atoms with Gasteiger partial charge in [0.25, 0.3) is 0 Å². The number of nitrogens with zero attached hydrogens (tertiary/aromatic N) is 1. The second-order valence-corrected chi connectivity index (χ2v) is 3.97. The summed E-state index contributed by atoms with van der Waals surface area (Å²) in [4.78, 5) is 2.64. The Morgan fingerprint density at radius 2 is 2.09 bits per heavy atom. The Hall–Kier alpha value is -0.0800. The summed E-state index contributed by atoms with van der Waals surface area (Å²) in [5.41, 5.74) is 5.63. The zero-order chi connectivity index (χ0) is 7.68. The fourth-order valence-corrected chi connectivity index (χ4v) is 2.14. The number of hydrogen-bond donors (Lipinski definition) is 1. The van der Waals surface area contributed by atoms with Crippen molar-refractivity contribution in [3.8, 4) is 0 Å². The first-order chi connectivity index (χ1) is 5.40. The molecule has 1 aliphatic heterocycles. The molecular weight excluding hydrogens is 136 g/mol. The maximum Gasteiger partial charge on any atom is 0.00954 e. The van der Waals surface area contributed by atoms with Crippen LogP contribution in [-0.2, 0) is 0 Å². The highest BCUT2D eigenvalue weighted by Gasteiger charge is 2.30. The minimum atomic E-state index is 0.801. The van der Waals surface area contributed by atoms with Gasteiger partial charge < -0.3 is 10.6 Å². The SMILES string of the molecule is NC[C@@H]1CCN(C2CCC2)C1. The molecule has 0 aromatic heterocycles. The van der Waals surface area contributed by atoms with Gasteiger partial charge in [-0.25, -0.2) is 0 Å². The van der Waals surface area contributed by atoms with Crippen LogP contribution in [0.3, 0.4) is 0 Å². The van der Waals surface area contributed by atoms with Crippen LogP contribution in [0, 0.1) is 5.92 Å². The van der Waals surface area contributed by atoms with E-state index >= 15 is 0 Å². The van der Waals surface area contributed by atoms with E-state index in [-0.39, 0.29) is 0 Å². The molecule has 0 spiro atoms. The molecule has 2 nitrogen and oxygen atoms in total. The number of nitrogens with two attached hydrogens (primary N) is 1. The van der Waals surface area contributed by atoms with Gasteiger partial charge >= 0.3 is 0 Å². The van der Waals surface area contributed by atoms with Crippen molar-refractivity contribution in [2.75, 3.05) is 19.6 Å². The van der Waals surface area contributed by atoms with Gasteiger partial charge in [-0.2, -0.15) is 0 Å². The third-order valence-electron chi connectivity index (χ3n) is 3.24. The normalized spacial score (nSPS) is 34.1. The summed E-state index contributed by atoms with van der Waals surface area (Å²) in [5.74, 6) is 0.801. The zero-order valence-corrected chi connectivity index (χ0v) is 7.13. The number of rotatable bonds is 2. The minimum absolute atomic E-state index is 0.801. The summed E-state index contributed by atoms with van der Waals surface area (Å²) in [6.45, 7) is 3.48. The topological polar surface area (TPSA) is 29.3 Å². The van der Waals surface area contributed by atoms with Crippen LogP contribution in [0.5, 0.6) is 0 Å². The lowest BCUT2D eigenvalue weighted by molar-refractivity contribution is 0.154. The maximum atomic E-state index is 5.63. The molecule has 64 valence electrons. The molecule has 0 aromatic rings. The van der Waals surface area contributed by atoms with Crippen molar-refractivity contribution >= 4 is 0 Å². The van der Waals surface area contributed by atoms with Gasteiger partial charge in [-0.3, -0.25) is 0 Å². The lowest BCUT2D eigenvalue weighted by Crippen LogP contribution is -2.38. The highest BCUT2D eigenvalue weighted by atomic mass is 15.2. The quantitative estimate of drug-likeness (QED) is 0.638. The van der Waals surface area contributed by atoms with Crippen molar-refractivity contribution in [3.05, 3.63) is 0 Å². The zero-order valence-electron chi connectivity index (χ0n) is 7.13. The first-order valence-electron chi connectivity index (χ1n) is 4.84. The van der Waals surface area contributed by atoms with Crippen LogP contribution in [-0.4, -0.2) is 30.6 Å². The van der Waals surface area contributed by atoms with Gasteiger partial charge in [0.05, 0.1) is 0 Å². The molecule has 1 atom stereocenters. The van der Waals surface area contributed by atoms with E-state index in [1.807, 2.05) is 0 Å².